The van der Waals surface area contributed by atoms with Gasteiger partial charge in [0.1, 0.15) is 0 Å². The number of fused-ring (bicyclic) bond motifs is 1. The number of rotatable bonds is 0. The van der Waals surface area contributed by atoms with Crippen molar-refractivity contribution in [2.24, 2.45) is 0 Å². The minimum Gasteiger partial charge on any atom is -0.360 e. The smallest absolute Gasteiger partial charge is 0.0651 e. The molecule has 0 bridgehead atoms. The minimum atomic E-state index is 1.10. The first kappa shape index (κ1) is 7.09. The Balaban J connectivity index is 2.93. The van der Waals surface area contributed by atoms with Crippen molar-refractivity contribution in [2.45, 2.75) is 6.92 Å². The molecule has 0 aliphatic rings. The third-order valence-electron chi connectivity index (χ3n) is 1.72. The van der Waals surface area contributed by atoms with Crippen LogP contribution in [0.25, 0.3) is 10.9 Å². The van der Waals surface area contributed by atoms with Gasteiger partial charge in [0, 0.05) is 15.2 Å². The van der Waals surface area contributed by atoms with Crippen molar-refractivity contribution in [3.05, 3.63) is 27.7 Å². The van der Waals surface area contributed by atoms with Crippen LogP contribution in [0.1, 0.15) is 5.69 Å². The van der Waals surface area contributed by atoms with Crippen LogP contribution in [0.2, 0.25) is 0 Å². The van der Waals surface area contributed by atoms with Crippen LogP contribution >= 0.6 is 22.6 Å². The summed E-state index contributed by atoms with van der Waals surface area (Å²) in [6.07, 6.45) is 3.81. The second-order valence-corrected chi connectivity index (χ2v) is 3.54. The van der Waals surface area contributed by atoms with Crippen molar-refractivity contribution in [1.29, 1.82) is 0 Å². The second-order valence-electron chi connectivity index (χ2n) is 2.46. The predicted molar refractivity (Wildman–Crippen MR) is 53.5 cm³/mol. The molecule has 0 saturated carbocycles. The molecule has 11 heavy (non-hydrogen) atoms. The summed E-state index contributed by atoms with van der Waals surface area (Å²) in [6, 6.07) is 2.08. The number of aryl methyl sites for hydroxylation is 1. The maximum absolute atomic E-state index is 4.24. The molecule has 3 heteroatoms. The lowest BCUT2D eigenvalue weighted by Crippen LogP contribution is -1.85. The van der Waals surface area contributed by atoms with Crippen LogP contribution in [0.3, 0.4) is 0 Å². The highest BCUT2D eigenvalue weighted by Gasteiger charge is 2.01. The first-order valence-electron chi connectivity index (χ1n) is 3.37. The Morgan fingerprint density at radius 1 is 1.55 bits per heavy atom. The van der Waals surface area contributed by atoms with Crippen molar-refractivity contribution >= 4 is 33.5 Å². The SMILES string of the molecule is Cc1ncc2[nH]ccc2c1I. The monoisotopic (exact) mass is 258 g/mol. The molecule has 0 aromatic carbocycles. The van der Waals surface area contributed by atoms with E-state index in [0.29, 0.717) is 0 Å². The van der Waals surface area contributed by atoms with Crippen molar-refractivity contribution in [1.82, 2.24) is 9.97 Å². The molecular formula is C8H7IN2. The van der Waals surface area contributed by atoms with Gasteiger partial charge in [-0.2, -0.15) is 0 Å². The summed E-state index contributed by atoms with van der Waals surface area (Å²) in [5, 5.41) is 1.26. The molecule has 0 unspecified atom stereocenters. The van der Waals surface area contributed by atoms with E-state index in [1.165, 1.54) is 8.96 Å². The number of nitrogens with zero attached hydrogens (tertiary/aromatic N) is 1. The van der Waals surface area contributed by atoms with E-state index in [1.54, 1.807) is 0 Å². The van der Waals surface area contributed by atoms with Crippen molar-refractivity contribution in [2.75, 3.05) is 0 Å². The van der Waals surface area contributed by atoms with Gasteiger partial charge in [-0.1, -0.05) is 0 Å². The number of pyridine rings is 1. The summed E-state index contributed by atoms with van der Waals surface area (Å²) in [7, 11) is 0. The topological polar surface area (TPSA) is 28.7 Å². The molecular weight excluding hydrogens is 251 g/mol. The lowest BCUT2D eigenvalue weighted by Gasteiger charge is -1.96. The number of aromatic amines is 1. The quantitative estimate of drug-likeness (QED) is 0.722. The van der Waals surface area contributed by atoms with Crippen LogP contribution in [-0.4, -0.2) is 9.97 Å². The number of halogens is 1. The van der Waals surface area contributed by atoms with Crippen LogP contribution in [0, 0.1) is 10.5 Å². The van der Waals surface area contributed by atoms with Gasteiger partial charge >= 0.3 is 0 Å². The Bertz CT molecular complexity index is 392. The molecule has 0 spiro atoms. The molecule has 0 saturated heterocycles. The molecule has 2 aromatic heterocycles. The number of hydrogen-bond acceptors (Lipinski definition) is 1. The van der Waals surface area contributed by atoms with E-state index < -0.39 is 0 Å². The Kier molecular flexibility index (Phi) is 1.60. The molecule has 0 radical (unpaired) electrons. The van der Waals surface area contributed by atoms with Gasteiger partial charge in [-0.25, -0.2) is 0 Å². The van der Waals surface area contributed by atoms with Gasteiger partial charge in [0.2, 0.25) is 0 Å². The lowest BCUT2D eigenvalue weighted by molar-refractivity contribution is 1.20. The van der Waals surface area contributed by atoms with Gasteiger partial charge in [-0.3, -0.25) is 4.98 Å². The van der Waals surface area contributed by atoms with E-state index in [0.717, 1.165) is 11.2 Å². The van der Waals surface area contributed by atoms with E-state index in [9.17, 15) is 0 Å². The standard InChI is InChI=1S/C8H7IN2/c1-5-8(9)6-2-3-10-7(6)4-11-5/h2-4,10H,1H3. The van der Waals surface area contributed by atoms with Crippen LogP contribution in [0.4, 0.5) is 0 Å². The molecule has 56 valence electrons. The molecule has 2 rings (SSSR count). The Morgan fingerprint density at radius 3 is 3.18 bits per heavy atom. The third kappa shape index (κ3) is 1.03. The van der Waals surface area contributed by atoms with Gasteiger partial charge in [-0.05, 0) is 35.6 Å². The molecule has 0 aliphatic carbocycles. The fourth-order valence-corrected chi connectivity index (χ4v) is 1.70. The molecule has 0 amide bonds. The fourth-order valence-electron chi connectivity index (χ4n) is 1.09. The summed E-state index contributed by atoms with van der Waals surface area (Å²) in [5.41, 5.74) is 2.21. The van der Waals surface area contributed by atoms with Crippen molar-refractivity contribution < 1.29 is 0 Å². The van der Waals surface area contributed by atoms with E-state index in [-0.39, 0.29) is 0 Å². The number of hydrogen-bond donors (Lipinski definition) is 1. The highest BCUT2D eigenvalue weighted by Crippen LogP contribution is 2.20. The number of aromatic nitrogens is 2. The zero-order valence-corrected chi connectivity index (χ0v) is 8.21. The van der Waals surface area contributed by atoms with E-state index >= 15 is 0 Å². The highest BCUT2D eigenvalue weighted by atomic mass is 127. The Hall–Kier alpha value is -0.580. The fraction of sp³-hybridized carbons (Fsp3) is 0.125. The van der Waals surface area contributed by atoms with Gasteiger partial charge in [-0.15, -0.1) is 0 Å². The zero-order chi connectivity index (χ0) is 7.84. The van der Waals surface area contributed by atoms with Crippen molar-refractivity contribution in [3.63, 3.8) is 0 Å². The third-order valence-corrected chi connectivity index (χ3v) is 3.08. The second kappa shape index (κ2) is 2.48. The minimum absolute atomic E-state index is 1.10. The first-order valence-corrected chi connectivity index (χ1v) is 4.45. The van der Waals surface area contributed by atoms with Crippen LogP contribution in [-0.2, 0) is 0 Å². The Labute approximate surface area is 78.2 Å². The van der Waals surface area contributed by atoms with Crippen LogP contribution in [0.15, 0.2) is 18.5 Å². The maximum atomic E-state index is 4.24. The van der Waals surface area contributed by atoms with Gasteiger partial charge in [0.15, 0.2) is 0 Å². The molecule has 0 atom stereocenters. The van der Waals surface area contributed by atoms with Gasteiger partial charge < -0.3 is 4.98 Å². The van der Waals surface area contributed by atoms with Gasteiger partial charge in [0.25, 0.3) is 0 Å². The maximum Gasteiger partial charge on any atom is 0.0651 e. The van der Waals surface area contributed by atoms with E-state index in [4.69, 9.17) is 0 Å². The normalized spacial score (nSPS) is 10.7. The average molecular weight is 258 g/mol. The average Bonchev–Trinajstić information content (AvgIpc) is 2.45. The molecule has 0 fully saturated rings. The first-order chi connectivity index (χ1) is 5.29. The zero-order valence-electron chi connectivity index (χ0n) is 6.06. The molecule has 2 heterocycles. The van der Waals surface area contributed by atoms with E-state index in [1.807, 2.05) is 19.3 Å². The highest BCUT2D eigenvalue weighted by molar-refractivity contribution is 14.1. The summed E-state index contributed by atoms with van der Waals surface area (Å²) in [4.78, 5) is 7.36. The van der Waals surface area contributed by atoms with Gasteiger partial charge in [0.05, 0.1) is 17.4 Å². The lowest BCUT2D eigenvalue weighted by atomic mass is 10.3. The summed E-state index contributed by atoms with van der Waals surface area (Å²) in [6.45, 7) is 2.02. The summed E-state index contributed by atoms with van der Waals surface area (Å²) in [5.74, 6) is 0. The van der Waals surface area contributed by atoms with Crippen LogP contribution in [0.5, 0.6) is 0 Å². The summed E-state index contributed by atoms with van der Waals surface area (Å²) < 4.78 is 1.24. The summed E-state index contributed by atoms with van der Waals surface area (Å²) >= 11 is 2.32. The number of H-pyrrole nitrogens is 1. The largest absolute Gasteiger partial charge is 0.360 e. The van der Waals surface area contributed by atoms with Crippen molar-refractivity contribution in [3.8, 4) is 0 Å². The molecule has 0 aliphatic heterocycles. The molecule has 2 aromatic rings. The molecule has 2 nitrogen and oxygen atoms in total. The molecule has 1 N–H and O–H groups in total. The van der Waals surface area contributed by atoms with Crippen LogP contribution < -0.4 is 0 Å². The Morgan fingerprint density at radius 2 is 2.36 bits per heavy atom. The predicted octanol–water partition coefficient (Wildman–Crippen LogP) is 2.48. The number of nitrogens with one attached hydrogen (secondary N) is 1. The van der Waals surface area contributed by atoms with E-state index in [2.05, 4.69) is 38.6 Å².